The topological polar surface area (TPSA) is 64.6 Å². The van der Waals surface area contributed by atoms with E-state index in [2.05, 4.69) is 5.48 Å². The van der Waals surface area contributed by atoms with Crippen molar-refractivity contribution < 1.29 is 23.6 Å². The fourth-order valence-electron chi connectivity index (χ4n) is 2.01. The SMILES string of the molecule is CCc1ccc(Oc2ccc(C(C)=O)cc2F)c(NOC(C)=O)c1. The summed E-state index contributed by atoms with van der Waals surface area (Å²) in [6.45, 7) is 4.60. The maximum Gasteiger partial charge on any atom is 0.329 e. The first-order valence-corrected chi connectivity index (χ1v) is 7.45. The number of hydrogen-bond acceptors (Lipinski definition) is 5. The number of ketones is 1. The van der Waals surface area contributed by atoms with Gasteiger partial charge in [0.1, 0.15) is 5.69 Å². The second kappa shape index (κ2) is 7.59. The highest BCUT2D eigenvalue weighted by atomic mass is 19.1. The first-order valence-electron chi connectivity index (χ1n) is 7.45. The van der Waals surface area contributed by atoms with Crippen molar-refractivity contribution in [1.82, 2.24) is 0 Å². The van der Waals surface area contributed by atoms with Crippen LogP contribution in [0, 0.1) is 5.82 Å². The van der Waals surface area contributed by atoms with Gasteiger partial charge in [0.25, 0.3) is 0 Å². The average Bonchev–Trinajstić information content (AvgIpc) is 2.55. The molecule has 0 saturated heterocycles. The molecule has 0 amide bonds. The van der Waals surface area contributed by atoms with Crippen LogP contribution in [0.25, 0.3) is 0 Å². The normalized spacial score (nSPS) is 10.2. The van der Waals surface area contributed by atoms with Crippen molar-refractivity contribution in [3.8, 4) is 11.5 Å². The molecule has 126 valence electrons. The smallest absolute Gasteiger partial charge is 0.329 e. The number of hydrogen-bond donors (Lipinski definition) is 1. The van der Waals surface area contributed by atoms with Crippen LogP contribution in [0.5, 0.6) is 11.5 Å². The number of rotatable bonds is 6. The monoisotopic (exact) mass is 331 g/mol. The van der Waals surface area contributed by atoms with Gasteiger partial charge in [0, 0.05) is 12.5 Å². The van der Waals surface area contributed by atoms with Gasteiger partial charge in [-0.15, -0.1) is 0 Å². The molecule has 0 atom stereocenters. The van der Waals surface area contributed by atoms with Crippen LogP contribution < -0.4 is 10.2 Å². The molecule has 5 nitrogen and oxygen atoms in total. The summed E-state index contributed by atoms with van der Waals surface area (Å²) in [4.78, 5) is 27.0. The van der Waals surface area contributed by atoms with Gasteiger partial charge in [0.05, 0.1) is 0 Å². The van der Waals surface area contributed by atoms with Crippen LogP contribution in [0.2, 0.25) is 0 Å². The van der Waals surface area contributed by atoms with Crippen molar-refractivity contribution in [2.24, 2.45) is 0 Å². The Morgan fingerprint density at radius 3 is 2.38 bits per heavy atom. The highest BCUT2D eigenvalue weighted by molar-refractivity contribution is 5.94. The average molecular weight is 331 g/mol. The molecule has 0 aliphatic carbocycles. The molecular formula is C18H18FNO4. The van der Waals surface area contributed by atoms with Gasteiger partial charge in [0.2, 0.25) is 0 Å². The lowest BCUT2D eigenvalue weighted by atomic mass is 10.1. The number of aryl methyl sites for hydroxylation is 1. The van der Waals surface area contributed by atoms with Crippen molar-refractivity contribution in [3.05, 3.63) is 53.3 Å². The number of Topliss-reactive ketones (excluding diaryl/α,β-unsaturated/α-hetero) is 1. The van der Waals surface area contributed by atoms with Gasteiger partial charge >= 0.3 is 5.97 Å². The van der Waals surface area contributed by atoms with Gasteiger partial charge in [0.15, 0.2) is 23.1 Å². The molecule has 0 aromatic heterocycles. The summed E-state index contributed by atoms with van der Waals surface area (Å²) in [6, 6.07) is 9.23. The largest absolute Gasteiger partial charge is 0.452 e. The number of anilines is 1. The molecule has 0 heterocycles. The molecule has 0 aliphatic rings. The Hall–Kier alpha value is -2.89. The molecule has 2 aromatic rings. The lowest BCUT2D eigenvalue weighted by molar-refractivity contribution is -0.138. The van der Waals surface area contributed by atoms with Gasteiger partial charge in [-0.05, 0) is 49.2 Å². The zero-order chi connectivity index (χ0) is 17.7. The predicted octanol–water partition coefficient (Wildman–Crippen LogP) is 4.27. The Morgan fingerprint density at radius 1 is 1.08 bits per heavy atom. The number of carbonyl (C=O) groups excluding carboxylic acids is 2. The maximum atomic E-state index is 14.1. The molecule has 6 heteroatoms. The van der Waals surface area contributed by atoms with Crippen LogP contribution in [0.1, 0.15) is 36.7 Å². The number of nitrogens with one attached hydrogen (secondary N) is 1. The van der Waals surface area contributed by atoms with Crippen molar-refractivity contribution in [2.45, 2.75) is 27.2 Å². The number of ether oxygens (including phenoxy) is 1. The van der Waals surface area contributed by atoms with Crippen molar-refractivity contribution in [2.75, 3.05) is 5.48 Å². The summed E-state index contributed by atoms with van der Waals surface area (Å²) < 4.78 is 19.7. The van der Waals surface area contributed by atoms with Crippen LogP contribution >= 0.6 is 0 Å². The Bertz CT molecular complexity index is 774. The lowest BCUT2D eigenvalue weighted by Crippen LogP contribution is -2.07. The van der Waals surface area contributed by atoms with Gasteiger partial charge in [-0.1, -0.05) is 13.0 Å². The van der Waals surface area contributed by atoms with E-state index in [-0.39, 0.29) is 17.1 Å². The summed E-state index contributed by atoms with van der Waals surface area (Å²) in [5.74, 6) is -1.14. The van der Waals surface area contributed by atoms with Gasteiger partial charge in [-0.2, -0.15) is 0 Å². The third-order valence-electron chi connectivity index (χ3n) is 3.32. The Morgan fingerprint density at radius 2 is 1.79 bits per heavy atom. The van der Waals surface area contributed by atoms with E-state index >= 15 is 0 Å². The third kappa shape index (κ3) is 4.32. The van der Waals surface area contributed by atoms with Gasteiger partial charge in [-0.3, -0.25) is 9.59 Å². The summed E-state index contributed by atoms with van der Waals surface area (Å²) in [5, 5.41) is 0. The first-order chi connectivity index (χ1) is 11.4. The van der Waals surface area contributed by atoms with Gasteiger partial charge < -0.3 is 9.57 Å². The number of halogens is 1. The molecule has 0 fully saturated rings. The standard InChI is InChI=1S/C18H18FNO4/c1-4-13-5-7-18(16(9-13)20-24-12(3)22)23-17-8-6-14(11(2)21)10-15(17)19/h5-10,20H,4H2,1-3H3. The van der Waals surface area contributed by atoms with E-state index in [1.54, 1.807) is 12.1 Å². The molecule has 1 N–H and O–H groups in total. The molecule has 24 heavy (non-hydrogen) atoms. The summed E-state index contributed by atoms with van der Waals surface area (Å²) >= 11 is 0. The minimum absolute atomic E-state index is 0.0323. The molecule has 0 bridgehead atoms. The molecule has 2 aromatic carbocycles. The summed E-state index contributed by atoms with van der Waals surface area (Å²) in [5.41, 5.74) is 4.16. The van der Waals surface area contributed by atoms with E-state index in [0.29, 0.717) is 11.4 Å². The number of benzene rings is 2. The minimum atomic E-state index is -0.652. The molecule has 0 unspecified atom stereocenters. The third-order valence-corrected chi connectivity index (χ3v) is 3.32. The Kier molecular flexibility index (Phi) is 5.52. The van der Waals surface area contributed by atoms with Crippen LogP contribution in [0.4, 0.5) is 10.1 Å². The zero-order valence-corrected chi connectivity index (χ0v) is 13.7. The van der Waals surface area contributed by atoms with Crippen LogP contribution in [-0.4, -0.2) is 11.8 Å². The summed E-state index contributed by atoms with van der Waals surface area (Å²) in [6.07, 6.45) is 0.775. The zero-order valence-electron chi connectivity index (χ0n) is 13.7. The highest BCUT2D eigenvalue weighted by Gasteiger charge is 2.12. The van der Waals surface area contributed by atoms with E-state index in [0.717, 1.165) is 18.1 Å². The van der Waals surface area contributed by atoms with Crippen molar-refractivity contribution >= 4 is 17.4 Å². The molecular weight excluding hydrogens is 313 g/mol. The first kappa shape index (κ1) is 17.5. The van der Waals surface area contributed by atoms with E-state index < -0.39 is 11.8 Å². The van der Waals surface area contributed by atoms with E-state index in [9.17, 15) is 14.0 Å². The second-order valence-corrected chi connectivity index (χ2v) is 5.18. The summed E-state index contributed by atoms with van der Waals surface area (Å²) in [7, 11) is 0. The maximum absolute atomic E-state index is 14.1. The molecule has 0 spiro atoms. The van der Waals surface area contributed by atoms with Crippen molar-refractivity contribution in [1.29, 1.82) is 0 Å². The Labute approximate surface area is 139 Å². The second-order valence-electron chi connectivity index (χ2n) is 5.18. The quantitative estimate of drug-likeness (QED) is 0.632. The van der Waals surface area contributed by atoms with Crippen LogP contribution in [-0.2, 0) is 16.1 Å². The number of carbonyl (C=O) groups is 2. The lowest BCUT2D eigenvalue weighted by Gasteiger charge is -2.14. The van der Waals surface area contributed by atoms with Crippen molar-refractivity contribution in [3.63, 3.8) is 0 Å². The molecule has 0 radical (unpaired) electrons. The van der Waals surface area contributed by atoms with E-state index in [1.807, 2.05) is 13.0 Å². The fourth-order valence-corrected chi connectivity index (χ4v) is 2.01. The van der Waals surface area contributed by atoms with Crippen LogP contribution in [0.3, 0.4) is 0 Å². The van der Waals surface area contributed by atoms with Crippen LogP contribution in [0.15, 0.2) is 36.4 Å². The molecule has 2 rings (SSSR count). The fraction of sp³-hybridized carbons (Fsp3) is 0.222. The molecule has 0 saturated carbocycles. The van der Waals surface area contributed by atoms with Gasteiger partial charge in [-0.25, -0.2) is 9.87 Å². The highest BCUT2D eigenvalue weighted by Crippen LogP contribution is 2.32. The molecule has 0 aliphatic heterocycles. The van der Waals surface area contributed by atoms with E-state index in [4.69, 9.17) is 9.57 Å². The minimum Gasteiger partial charge on any atom is -0.452 e. The Balaban J connectivity index is 2.31. The predicted molar refractivity (Wildman–Crippen MR) is 87.7 cm³/mol. The van der Waals surface area contributed by atoms with E-state index in [1.165, 1.54) is 26.0 Å².